The van der Waals surface area contributed by atoms with Crippen molar-refractivity contribution >= 4 is 33.0 Å². The lowest BCUT2D eigenvalue weighted by Crippen LogP contribution is -2.05. The van der Waals surface area contributed by atoms with Gasteiger partial charge in [-0.3, -0.25) is 0 Å². The van der Waals surface area contributed by atoms with E-state index >= 15 is 0 Å². The van der Waals surface area contributed by atoms with Crippen LogP contribution in [0.15, 0.2) is 48.6 Å². The summed E-state index contributed by atoms with van der Waals surface area (Å²) in [7, 11) is 3.45. The molecule has 2 aliphatic rings. The topological polar surface area (TPSA) is 72.8 Å². The number of hydrogen-bond donors (Lipinski definition) is 0. The molecule has 0 heterocycles. The van der Waals surface area contributed by atoms with E-state index in [1.165, 1.54) is 0 Å². The Balaban J connectivity index is 1.84. The maximum absolute atomic E-state index is 8.58. The Morgan fingerprint density at radius 1 is 0.722 bits per heavy atom. The highest BCUT2D eigenvalue weighted by Crippen LogP contribution is 2.35. The summed E-state index contributed by atoms with van der Waals surface area (Å²) in [6, 6.07) is 0. The molecule has 0 bridgehead atoms. The van der Waals surface area contributed by atoms with Crippen molar-refractivity contribution in [2.75, 3.05) is 0 Å². The molecule has 0 saturated carbocycles. The molecule has 2 aliphatic carbocycles. The molecule has 0 aliphatic heterocycles. The van der Waals surface area contributed by atoms with Gasteiger partial charge in [0, 0.05) is 24.3 Å². The number of allylic oxidation sites excluding steroid dienone is 4. The third-order valence-electron chi connectivity index (χ3n) is 2.34. The van der Waals surface area contributed by atoms with E-state index in [-0.39, 0.29) is 10.5 Å². The van der Waals surface area contributed by atoms with Crippen molar-refractivity contribution in [3.63, 3.8) is 0 Å². The van der Waals surface area contributed by atoms with Crippen molar-refractivity contribution in [3.8, 4) is 0 Å². The van der Waals surface area contributed by atoms with Crippen LogP contribution in [-0.4, -0.2) is 31.5 Å². The molecule has 4 nitrogen and oxygen atoms in total. The van der Waals surface area contributed by atoms with Crippen LogP contribution in [-0.2, 0) is 0 Å². The molecular formula is C12H10N4S2. The molecule has 0 unspecified atom stereocenters. The smallest absolute Gasteiger partial charge is 0.314 e. The number of hydrogen-bond acceptors (Lipinski definition) is 2. The van der Waals surface area contributed by atoms with Gasteiger partial charge in [0.15, 0.2) is 0 Å². The number of rotatable bonds is 3. The van der Waals surface area contributed by atoms with Crippen molar-refractivity contribution < 1.29 is 9.58 Å². The highest BCUT2D eigenvalue weighted by atomic mass is 33.1. The Bertz CT molecular complexity index is 464. The monoisotopic (exact) mass is 274 g/mol. The Kier molecular flexibility index (Phi) is 4.56. The summed E-state index contributed by atoms with van der Waals surface area (Å²) in [6.07, 6.45) is 15.1. The molecule has 6 heteroatoms. The van der Waals surface area contributed by atoms with E-state index in [2.05, 4.69) is 9.58 Å². The summed E-state index contributed by atoms with van der Waals surface area (Å²) in [5.41, 5.74) is 18.3. The van der Waals surface area contributed by atoms with Gasteiger partial charge in [0.25, 0.3) is 0 Å². The van der Waals surface area contributed by atoms with Crippen LogP contribution in [0.4, 0.5) is 0 Å². The Morgan fingerprint density at radius 2 is 1.06 bits per heavy atom. The van der Waals surface area contributed by atoms with Crippen LogP contribution in [0.5, 0.6) is 0 Å². The van der Waals surface area contributed by atoms with Gasteiger partial charge >= 0.3 is 11.4 Å². The molecule has 18 heavy (non-hydrogen) atoms. The standard InChI is InChI=1S/C12H10N4S2/c13-15-9-1-5-11(6-2-9)17-18-12-7-3-10(16-14)4-8-12/h1-8,11-12H. The molecule has 0 aromatic carbocycles. The van der Waals surface area contributed by atoms with Gasteiger partial charge in [0.05, 0.1) is 10.5 Å². The van der Waals surface area contributed by atoms with Crippen LogP contribution >= 0.6 is 21.6 Å². The second-order valence-electron chi connectivity index (χ2n) is 3.61. The van der Waals surface area contributed by atoms with Crippen molar-refractivity contribution in [3.05, 3.63) is 59.7 Å². The van der Waals surface area contributed by atoms with Gasteiger partial charge < -0.3 is 11.1 Å². The summed E-state index contributed by atoms with van der Waals surface area (Å²) in [5.74, 6) is 0. The van der Waals surface area contributed by atoms with E-state index in [1.807, 2.05) is 24.3 Å². The van der Waals surface area contributed by atoms with Crippen LogP contribution in [0.25, 0.3) is 11.1 Å². The van der Waals surface area contributed by atoms with Gasteiger partial charge in [-0.15, -0.1) is 0 Å². The largest absolute Gasteiger partial charge is 0.361 e. The zero-order chi connectivity index (χ0) is 12.8. The third kappa shape index (κ3) is 3.45. The molecule has 2 rings (SSSR count). The van der Waals surface area contributed by atoms with Gasteiger partial charge in [-0.1, -0.05) is 45.9 Å². The molecular weight excluding hydrogens is 264 g/mol. The molecule has 0 radical (unpaired) electrons. The van der Waals surface area contributed by atoms with Gasteiger partial charge in [0.1, 0.15) is 0 Å². The number of nitrogens with zero attached hydrogens (tertiary/aromatic N) is 4. The first-order chi connectivity index (χ1) is 8.81. The van der Waals surface area contributed by atoms with Crippen molar-refractivity contribution in [1.82, 2.24) is 0 Å². The minimum atomic E-state index is 0.273. The minimum Gasteiger partial charge on any atom is -0.361 e. The fourth-order valence-corrected chi connectivity index (χ4v) is 3.77. The quantitative estimate of drug-likeness (QED) is 0.451. The summed E-state index contributed by atoms with van der Waals surface area (Å²) in [5, 5.41) is 0.547. The van der Waals surface area contributed by atoms with Gasteiger partial charge in [-0.05, 0) is 0 Å². The molecule has 0 saturated heterocycles. The predicted octanol–water partition coefficient (Wildman–Crippen LogP) is 2.70. The molecule has 0 atom stereocenters. The van der Waals surface area contributed by atoms with Crippen molar-refractivity contribution in [2.45, 2.75) is 10.5 Å². The van der Waals surface area contributed by atoms with Crippen LogP contribution in [0.2, 0.25) is 0 Å². The van der Waals surface area contributed by atoms with E-state index in [9.17, 15) is 0 Å². The third-order valence-corrected chi connectivity index (χ3v) is 5.19. The second-order valence-corrected chi connectivity index (χ2v) is 6.24. The Labute approximate surface area is 113 Å². The SMILES string of the molecule is [N-]=[N+]=C1C=CC(SSC2C=CC(=[N+]=[N-])C=C2)C=C1. The summed E-state index contributed by atoms with van der Waals surface area (Å²) in [6.45, 7) is 0. The normalized spacial score (nSPS) is 25.1. The minimum absolute atomic E-state index is 0.273. The summed E-state index contributed by atoms with van der Waals surface area (Å²) < 4.78 is 0. The molecule has 90 valence electrons. The van der Waals surface area contributed by atoms with E-state index in [0.29, 0.717) is 11.4 Å². The predicted molar refractivity (Wildman–Crippen MR) is 76.6 cm³/mol. The first-order valence-corrected chi connectivity index (χ1v) is 7.58. The summed E-state index contributed by atoms with van der Waals surface area (Å²) in [4.78, 5) is 6.23. The van der Waals surface area contributed by atoms with Crippen molar-refractivity contribution in [1.29, 1.82) is 0 Å². The molecule has 0 amide bonds. The highest BCUT2D eigenvalue weighted by molar-refractivity contribution is 8.77. The molecule has 0 spiro atoms. The molecule has 0 aromatic heterocycles. The van der Waals surface area contributed by atoms with E-state index in [1.54, 1.807) is 45.9 Å². The van der Waals surface area contributed by atoms with Gasteiger partial charge in [0.2, 0.25) is 0 Å². The Hall–Kier alpha value is -1.58. The average Bonchev–Trinajstić information content (AvgIpc) is 2.46. The highest BCUT2D eigenvalue weighted by Gasteiger charge is 2.14. The molecule has 0 N–H and O–H groups in total. The molecule has 0 fully saturated rings. The van der Waals surface area contributed by atoms with Crippen LogP contribution in [0.1, 0.15) is 0 Å². The second kappa shape index (κ2) is 6.38. The lowest BCUT2D eigenvalue weighted by atomic mass is 10.2. The fraction of sp³-hybridized carbons (Fsp3) is 0.167. The first kappa shape index (κ1) is 12.9. The fourth-order valence-electron chi connectivity index (χ4n) is 1.40. The maximum Gasteiger partial charge on any atom is 0.314 e. The van der Waals surface area contributed by atoms with Gasteiger partial charge in [-0.25, -0.2) is 0 Å². The van der Waals surface area contributed by atoms with E-state index < -0.39 is 0 Å². The first-order valence-electron chi connectivity index (χ1n) is 5.31. The van der Waals surface area contributed by atoms with E-state index in [4.69, 9.17) is 11.1 Å². The summed E-state index contributed by atoms with van der Waals surface area (Å²) >= 11 is 0. The van der Waals surface area contributed by atoms with Crippen LogP contribution in [0, 0.1) is 0 Å². The lowest BCUT2D eigenvalue weighted by Gasteiger charge is -2.12. The van der Waals surface area contributed by atoms with Crippen LogP contribution < -0.4 is 0 Å². The average molecular weight is 274 g/mol. The Morgan fingerprint density at radius 3 is 1.33 bits per heavy atom. The van der Waals surface area contributed by atoms with Gasteiger partial charge in [-0.2, -0.15) is 9.58 Å². The van der Waals surface area contributed by atoms with Crippen LogP contribution in [0.3, 0.4) is 0 Å². The van der Waals surface area contributed by atoms with Crippen molar-refractivity contribution in [2.24, 2.45) is 0 Å². The van der Waals surface area contributed by atoms with E-state index in [0.717, 1.165) is 0 Å². The molecule has 0 aromatic rings. The lowest BCUT2D eigenvalue weighted by molar-refractivity contribution is -0.00207. The maximum atomic E-state index is 8.58. The zero-order valence-corrected chi connectivity index (χ0v) is 11.0. The zero-order valence-electron chi connectivity index (χ0n) is 9.38.